The predicted octanol–water partition coefficient (Wildman–Crippen LogP) is -0.103. The van der Waals surface area contributed by atoms with E-state index in [0.29, 0.717) is 12.4 Å². The Morgan fingerprint density at radius 1 is 1.62 bits per heavy atom. The molecule has 5 nitrogen and oxygen atoms in total. The van der Waals surface area contributed by atoms with Gasteiger partial charge in [-0.25, -0.2) is 0 Å². The Morgan fingerprint density at radius 2 is 2.00 bits per heavy atom. The molecule has 13 heavy (non-hydrogen) atoms. The summed E-state index contributed by atoms with van der Waals surface area (Å²) in [7, 11) is 0. The van der Waals surface area contributed by atoms with Crippen molar-refractivity contribution < 1.29 is 19.4 Å². The molecule has 0 aromatic carbocycles. The van der Waals surface area contributed by atoms with Gasteiger partial charge in [-0.15, -0.1) is 0 Å². The maximum Gasteiger partial charge on any atom is 0.323 e. The molecular weight excluding hydrogens is 194 g/mol. The van der Waals surface area contributed by atoms with Crippen molar-refractivity contribution in [3.8, 4) is 0 Å². The number of carbonyl (C=O) groups is 2. The van der Waals surface area contributed by atoms with Gasteiger partial charge in [-0.2, -0.15) is 12.6 Å². The lowest BCUT2D eigenvalue weighted by atomic mass is 10.4. The van der Waals surface area contributed by atoms with Gasteiger partial charge < -0.3 is 15.6 Å². The highest BCUT2D eigenvalue weighted by atomic mass is 32.1. The summed E-state index contributed by atoms with van der Waals surface area (Å²) in [6.07, 6.45) is 0. The van der Waals surface area contributed by atoms with Crippen LogP contribution >= 0.6 is 12.6 Å². The Balaban J connectivity index is 0. The second kappa shape index (κ2) is 9.34. The summed E-state index contributed by atoms with van der Waals surface area (Å²) in [5.74, 6) is -0.883. The molecule has 0 fully saturated rings. The zero-order valence-electron chi connectivity index (χ0n) is 7.69. The van der Waals surface area contributed by atoms with Crippen LogP contribution < -0.4 is 5.73 Å². The molecule has 0 rings (SSSR count). The van der Waals surface area contributed by atoms with Crippen molar-refractivity contribution in [1.29, 1.82) is 0 Å². The largest absolute Gasteiger partial charge is 0.481 e. The molecule has 3 N–H and O–H groups in total. The Bertz CT molecular complexity index is 159. The van der Waals surface area contributed by atoms with E-state index >= 15 is 0 Å². The van der Waals surface area contributed by atoms with Crippen molar-refractivity contribution in [2.24, 2.45) is 5.73 Å². The Kier molecular flexibility index (Phi) is 10.6. The summed E-state index contributed by atoms with van der Waals surface area (Å²) in [6.45, 7) is 3.20. The topological polar surface area (TPSA) is 89.6 Å². The van der Waals surface area contributed by atoms with Crippen LogP contribution in [-0.2, 0) is 14.3 Å². The van der Waals surface area contributed by atoms with Crippen molar-refractivity contribution in [3.05, 3.63) is 0 Å². The van der Waals surface area contributed by atoms with E-state index in [0.717, 1.165) is 6.92 Å². The van der Waals surface area contributed by atoms with E-state index in [9.17, 15) is 4.79 Å². The number of thiol groups is 1. The number of aliphatic carboxylic acids is 1. The second-order valence-electron chi connectivity index (χ2n) is 2.06. The van der Waals surface area contributed by atoms with Crippen LogP contribution in [0.1, 0.15) is 13.8 Å². The number of carbonyl (C=O) groups excluding carboxylic acids is 1. The molecule has 0 radical (unpaired) electrons. The van der Waals surface area contributed by atoms with Gasteiger partial charge in [0.15, 0.2) is 0 Å². The predicted molar refractivity (Wildman–Crippen MR) is 51.8 cm³/mol. The molecule has 0 bridgehead atoms. The lowest BCUT2D eigenvalue weighted by Crippen LogP contribution is -2.33. The minimum absolute atomic E-state index is 0.332. The molecule has 0 aromatic heterocycles. The standard InChI is InChI=1S/C5H11NO2S.C2H4O2/c1-2-8-5(7)4(6)3-9;1-2(3)4/h4,9H,2-3,6H2,1H3;1H3,(H,3,4)/t4-;/m0./s1. The summed E-state index contributed by atoms with van der Waals surface area (Å²) in [6, 6.07) is -0.576. The summed E-state index contributed by atoms with van der Waals surface area (Å²) in [5.41, 5.74) is 5.25. The highest BCUT2D eigenvalue weighted by molar-refractivity contribution is 7.80. The van der Waals surface area contributed by atoms with E-state index in [2.05, 4.69) is 17.4 Å². The fourth-order valence-corrected chi connectivity index (χ4v) is 0.473. The molecule has 0 spiro atoms. The van der Waals surface area contributed by atoms with Gasteiger partial charge in [0.1, 0.15) is 6.04 Å². The first-order valence-corrected chi connectivity index (χ1v) is 4.31. The van der Waals surface area contributed by atoms with Gasteiger partial charge in [-0.05, 0) is 6.92 Å². The third-order valence-corrected chi connectivity index (χ3v) is 1.18. The van der Waals surface area contributed by atoms with E-state index in [1.54, 1.807) is 6.92 Å². The van der Waals surface area contributed by atoms with Crippen molar-refractivity contribution >= 4 is 24.6 Å². The number of ether oxygens (including phenoxy) is 1. The number of carboxylic acids is 1. The highest BCUT2D eigenvalue weighted by Crippen LogP contribution is 1.87. The SMILES string of the molecule is CC(=O)O.CCOC(=O)[C@@H](N)CS. The molecule has 1 atom stereocenters. The van der Waals surface area contributed by atoms with Crippen LogP contribution in [0.3, 0.4) is 0 Å². The van der Waals surface area contributed by atoms with Crippen LogP contribution in [0, 0.1) is 0 Å². The van der Waals surface area contributed by atoms with Gasteiger partial charge >= 0.3 is 5.97 Å². The fourth-order valence-electron chi connectivity index (χ4n) is 0.324. The lowest BCUT2D eigenvalue weighted by Gasteiger charge is -2.05. The number of nitrogens with two attached hydrogens (primary N) is 1. The maximum atomic E-state index is 10.6. The molecule has 0 aliphatic heterocycles. The van der Waals surface area contributed by atoms with Gasteiger partial charge in [0.2, 0.25) is 0 Å². The van der Waals surface area contributed by atoms with Crippen molar-refractivity contribution in [3.63, 3.8) is 0 Å². The molecule has 0 unspecified atom stereocenters. The average molecular weight is 209 g/mol. The van der Waals surface area contributed by atoms with Gasteiger partial charge in [-0.1, -0.05) is 0 Å². The third kappa shape index (κ3) is 14.1. The molecule has 0 aromatic rings. The van der Waals surface area contributed by atoms with Gasteiger partial charge in [-0.3, -0.25) is 9.59 Å². The van der Waals surface area contributed by atoms with Crippen LogP contribution in [0.2, 0.25) is 0 Å². The van der Waals surface area contributed by atoms with Crippen LogP contribution in [0.25, 0.3) is 0 Å². The number of rotatable bonds is 3. The van der Waals surface area contributed by atoms with E-state index in [1.165, 1.54) is 0 Å². The Labute approximate surface area is 82.7 Å². The molecule has 6 heteroatoms. The molecule has 0 saturated carbocycles. The van der Waals surface area contributed by atoms with E-state index in [4.69, 9.17) is 15.6 Å². The minimum Gasteiger partial charge on any atom is -0.481 e. The quantitative estimate of drug-likeness (QED) is 0.446. The summed E-state index contributed by atoms with van der Waals surface area (Å²) in [5, 5.41) is 7.42. The van der Waals surface area contributed by atoms with Crippen molar-refractivity contribution in [2.45, 2.75) is 19.9 Å². The zero-order valence-corrected chi connectivity index (χ0v) is 8.58. The minimum atomic E-state index is -0.833. The Morgan fingerprint density at radius 3 is 2.23 bits per heavy atom. The van der Waals surface area contributed by atoms with Gasteiger partial charge in [0.05, 0.1) is 6.61 Å². The molecule has 78 valence electrons. The van der Waals surface area contributed by atoms with Crippen LogP contribution in [0.5, 0.6) is 0 Å². The third-order valence-electron chi connectivity index (χ3n) is 0.786. The summed E-state index contributed by atoms with van der Waals surface area (Å²) in [4.78, 5) is 19.6. The molecule has 0 aliphatic carbocycles. The summed E-state index contributed by atoms with van der Waals surface area (Å²) >= 11 is 3.82. The summed E-state index contributed by atoms with van der Waals surface area (Å²) < 4.78 is 4.58. The lowest BCUT2D eigenvalue weighted by molar-refractivity contribution is -0.144. The van der Waals surface area contributed by atoms with E-state index < -0.39 is 12.0 Å². The van der Waals surface area contributed by atoms with Crippen LogP contribution in [0.4, 0.5) is 0 Å². The molecule has 0 heterocycles. The van der Waals surface area contributed by atoms with Crippen molar-refractivity contribution in [2.75, 3.05) is 12.4 Å². The highest BCUT2D eigenvalue weighted by Gasteiger charge is 2.10. The van der Waals surface area contributed by atoms with Gasteiger partial charge in [0, 0.05) is 12.7 Å². The average Bonchev–Trinajstić information content (AvgIpc) is 2.02. The maximum absolute atomic E-state index is 10.6. The monoisotopic (exact) mass is 209 g/mol. The molecule has 0 amide bonds. The molecular formula is C7H15NO4S. The molecule has 0 aliphatic rings. The zero-order chi connectivity index (χ0) is 10.9. The first kappa shape index (κ1) is 14.8. The fraction of sp³-hybridized carbons (Fsp3) is 0.714. The normalized spacial score (nSPS) is 10.8. The molecule has 0 saturated heterocycles. The smallest absolute Gasteiger partial charge is 0.323 e. The number of esters is 1. The van der Waals surface area contributed by atoms with Crippen LogP contribution in [-0.4, -0.2) is 35.4 Å². The second-order valence-corrected chi connectivity index (χ2v) is 2.43. The first-order chi connectivity index (χ1) is 5.95. The van der Waals surface area contributed by atoms with Crippen LogP contribution in [0.15, 0.2) is 0 Å². The number of hydrogen-bond donors (Lipinski definition) is 3. The van der Waals surface area contributed by atoms with Crippen molar-refractivity contribution in [1.82, 2.24) is 0 Å². The Hall–Kier alpha value is -0.750. The van der Waals surface area contributed by atoms with E-state index in [1.807, 2.05) is 0 Å². The number of hydrogen-bond acceptors (Lipinski definition) is 5. The van der Waals surface area contributed by atoms with Gasteiger partial charge in [0.25, 0.3) is 5.97 Å². The number of carboxylic acid groups (broad SMARTS) is 1. The first-order valence-electron chi connectivity index (χ1n) is 3.68. The van der Waals surface area contributed by atoms with E-state index in [-0.39, 0.29) is 5.97 Å².